The Bertz CT molecular complexity index is 1120. The molecule has 11 heteroatoms. The van der Waals surface area contributed by atoms with Crippen molar-refractivity contribution in [3.05, 3.63) is 36.5 Å². The standard InChI is InChI=1S/C48H90NO9P/c1-6-8-10-11-12-13-14-15-16-17-18-19-20-21-22-25-29-32-36-40-48(52)58-46(44-57-59(53,54)56-42-41-49(3,4)5)43-55-47(51)39-35-31-28-26-23-24-27-30-34-38-45(50)37-33-9-7-2/h9,27,30,33-34,38,45-46,50H,6-8,10-26,28-29,31-32,35-37,39-44H2,1-5H3/p+1/b30-27+,33-9+,38-34+/t45?,46-/m1/s1. The highest BCUT2D eigenvalue weighted by molar-refractivity contribution is 7.47. The molecule has 0 aromatic carbocycles. The molecule has 0 bridgehead atoms. The van der Waals surface area contributed by atoms with Gasteiger partial charge < -0.3 is 24.0 Å². The number of nitrogens with zero attached hydrogens (tertiary/aromatic N) is 1. The first-order valence-electron chi connectivity index (χ1n) is 23.8. The number of phosphoric acid groups is 1. The van der Waals surface area contributed by atoms with Crippen LogP contribution in [-0.2, 0) is 32.7 Å². The highest BCUT2D eigenvalue weighted by atomic mass is 31.2. The summed E-state index contributed by atoms with van der Waals surface area (Å²) in [6.07, 6.45) is 42.4. The minimum atomic E-state index is -4.39. The minimum Gasteiger partial charge on any atom is -0.462 e. The molecule has 0 radical (unpaired) electrons. The molecule has 0 aliphatic rings. The van der Waals surface area contributed by atoms with Crippen molar-refractivity contribution in [3.8, 4) is 0 Å². The van der Waals surface area contributed by atoms with Crippen molar-refractivity contribution in [1.29, 1.82) is 0 Å². The summed E-state index contributed by atoms with van der Waals surface area (Å²) in [5.41, 5.74) is 0. The van der Waals surface area contributed by atoms with Crippen LogP contribution in [0.2, 0.25) is 0 Å². The van der Waals surface area contributed by atoms with Crippen LogP contribution in [0.1, 0.15) is 200 Å². The van der Waals surface area contributed by atoms with Gasteiger partial charge in [0.2, 0.25) is 0 Å². The molecule has 0 aliphatic carbocycles. The number of unbranched alkanes of at least 4 members (excludes halogenated alkanes) is 23. The smallest absolute Gasteiger partial charge is 0.462 e. The zero-order chi connectivity index (χ0) is 43.7. The van der Waals surface area contributed by atoms with Crippen molar-refractivity contribution in [2.24, 2.45) is 0 Å². The molecular weight excluding hydrogens is 765 g/mol. The lowest BCUT2D eigenvalue weighted by Gasteiger charge is -2.24. The van der Waals surface area contributed by atoms with E-state index in [0.29, 0.717) is 30.3 Å². The molecule has 0 amide bonds. The molecular formula is C48H91NO9P+. The summed E-state index contributed by atoms with van der Waals surface area (Å²) in [5.74, 6) is -0.845. The Kier molecular flexibility index (Phi) is 39.0. The van der Waals surface area contributed by atoms with Crippen molar-refractivity contribution in [2.75, 3.05) is 47.5 Å². The predicted molar refractivity (Wildman–Crippen MR) is 244 cm³/mol. The molecule has 0 fully saturated rings. The van der Waals surface area contributed by atoms with Crippen LogP contribution >= 0.6 is 7.82 Å². The summed E-state index contributed by atoms with van der Waals surface area (Å²) >= 11 is 0. The van der Waals surface area contributed by atoms with E-state index in [1.54, 1.807) is 6.08 Å². The third-order valence-electron chi connectivity index (χ3n) is 10.3. The van der Waals surface area contributed by atoms with Crippen LogP contribution in [0.5, 0.6) is 0 Å². The second kappa shape index (κ2) is 40.3. The number of carbonyl (C=O) groups excluding carboxylic acids is 2. The number of allylic oxidation sites excluding steroid dienone is 4. The molecule has 3 atom stereocenters. The van der Waals surface area contributed by atoms with Crippen molar-refractivity contribution in [2.45, 2.75) is 212 Å². The topological polar surface area (TPSA) is 129 Å². The van der Waals surface area contributed by atoms with E-state index in [2.05, 4.69) is 26.0 Å². The first-order valence-corrected chi connectivity index (χ1v) is 25.3. The quantitative estimate of drug-likeness (QED) is 0.0154. The van der Waals surface area contributed by atoms with Crippen molar-refractivity contribution in [1.82, 2.24) is 0 Å². The second-order valence-electron chi connectivity index (χ2n) is 17.3. The van der Waals surface area contributed by atoms with Crippen LogP contribution in [0.4, 0.5) is 0 Å². The number of aliphatic hydroxyl groups excluding tert-OH is 1. The molecule has 2 unspecified atom stereocenters. The van der Waals surface area contributed by atoms with Crippen LogP contribution in [-0.4, -0.2) is 86.1 Å². The zero-order valence-electron chi connectivity index (χ0n) is 38.6. The molecule has 59 heavy (non-hydrogen) atoms. The molecule has 0 spiro atoms. The predicted octanol–water partition coefficient (Wildman–Crippen LogP) is 12.7. The number of rotatable bonds is 43. The molecule has 0 aromatic rings. The first kappa shape index (κ1) is 57.2. The zero-order valence-corrected chi connectivity index (χ0v) is 39.5. The summed E-state index contributed by atoms with van der Waals surface area (Å²) < 4.78 is 34.3. The maximum absolute atomic E-state index is 12.7. The number of hydrogen-bond donors (Lipinski definition) is 2. The van der Waals surface area contributed by atoms with E-state index in [9.17, 15) is 24.2 Å². The van der Waals surface area contributed by atoms with Crippen LogP contribution in [0.25, 0.3) is 0 Å². The van der Waals surface area contributed by atoms with Gasteiger partial charge in [-0.2, -0.15) is 0 Å². The highest BCUT2D eigenvalue weighted by Gasteiger charge is 2.27. The summed E-state index contributed by atoms with van der Waals surface area (Å²) in [6.45, 7) is 4.19. The fourth-order valence-electron chi connectivity index (χ4n) is 6.52. The maximum Gasteiger partial charge on any atom is 0.472 e. The Morgan fingerprint density at radius 1 is 0.610 bits per heavy atom. The second-order valence-corrected chi connectivity index (χ2v) is 18.8. The summed E-state index contributed by atoms with van der Waals surface area (Å²) in [6, 6.07) is 0. The van der Waals surface area contributed by atoms with Crippen molar-refractivity contribution in [3.63, 3.8) is 0 Å². The monoisotopic (exact) mass is 857 g/mol. The Morgan fingerprint density at radius 3 is 1.61 bits per heavy atom. The van der Waals surface area contributed by atoms with Gasteiger partial charge in [0.25, 0.3) is 0 Å². The molecule has 0 aliphatic heterocycles. The van der Waals surface area contributed by atoms with Gasteiger partial charge >= 0.3 is 19.8 Å². The van der Waals surface area contributed by atoms with Crippen LogP contribution in [0.15, 0.2) is 36.5 Å². The average molecular weight is 857 g/mol. The van der Waals surface area contributed by atoms with Gasteiger partial charge in [0.15, 0.2) is 6.10 Å². The van der Waals surface area contributed by atoms with E-state index in [0.717, 1.165) is 51.4 Å². The Labute approximate surface area is 362 Å². The molecule has 0 aromatic heterocycles. The Morgan fingerprint density at radius 2 is 1.10 bits per heavy atom. The van der Waals surface area contributed by atoms with Gasteiger partial charge in [-0.3, -0.25) is 18.6 Å². The van der Waals surface area contributed by atoms with E-state index in [4.69, 9.17) is 18.5 Å². The summed E-state index contributed by atoms with van der Waals surface area (Å²) in [5, 5.41) is 9.89. The third-order valence-corrected chi connectivity index (χ3v) is 11.2. The van der Waals surface area contributed by atoms with E-state index in [1.165, 1.54) is 103 Å². The molecule has 0 rings (SSSR count). The normalized spacial score (nSPS) is 14.4. The van der Waals surface area contributed by atoms with E-state index in [-0.39, 0.29) is 26.1 Å². The maximum atomic E-state index is 12.7. The molecule has 0 heterocycles. The van der Waals surface area contributed by atoms with Gasteiger partial charge in [0.05, 0.1) is 33.9 Å². The number of ether oxygens (including phenoxy) is 2. The molecule has 346 valence electrons. The number of phosphoric ester groups is 1. The SMILES string of the molecule is CC/C=C/CC(O)/C=C/C=C/CCCCCCCC(=O)OC[C@H](COP(=O)(O)OCC[N+](C)(C)C)OC(=O)CCCCCCCCCCCCCCCCCCCCC. The highest BCUT2D eigenvalue weighted by Crippen LogP contribution is 2.43. The number of esters is 2. The van der Waals surface area contributed by atoms with Gasteiger partial charge in [-0.1, -0.05) is 185 Å². The Hall–Kier alpha value is -1.81. The molecule has 0 saturated carbocycles. The van der Waals surface area contributed by atoms with Gasteiger partial charge in [-0.05, 0) is 38.5 Å². The van der Waals surface area contributed by atoms with Crippen LogP contribution < -0.4 is 0 Å². The number of carbonyl (C=O) groups is 2. The number of hydrogen-bond acceptors (Lipinski definition) is 8. The number of quaternary nitrogens is 1. The lowest BCUT2D eigenvalue weighted by Crippen LogP contribution is -2.37. The van der Waals surface area contributed by atoms with E-state index >= 15 is 0 Å². The summed E-state index contributed by atoms with van der Waals surface area (Å²) in [7, 11) is 1.44. The van der Waals surface area contributed by atoms with Crippen molar-refractivity contribution >= 4 is 19.8 Å². The molecule has 2 N–H and O–H groups in total. The lowest BCUT2D eigenvalue weighted by molar-refractivity contribution is -0.870. The van der Waals surface area contributed by atoms with Crippen LogP contribution in [0, 0.1) is 0 Å². The Balaban J connectivity index is 4.33. The fourth-order valence-corrected chi connectivity index (χ4v) is 7.26. The largest absolute Gasteiger partial charge is 0.472 e. The fraction of sp³-hybridized carbons (Fsp3) is 0.833. The number of likely N-dealkylation sites (N-methyl/N-ethyl adjacent to an activating group) is 1. The minimum absolute atomic E-state index is 0.0204. The third kappa shape index (κ3) is 44.1. The van der Waals surface area contributed by atoms with Crippen LogP contribution in [0.3, 0.4) is 0 Å². The van der Waals surface area contributed by atoms with Crippen molar-refractivity contribution < 1.29 is 47.2 Å². The van der Waals surface area contributed by atoms with Gasteiger partial charge in [0, 0.05) is 12.8 Å². The first-order chi connectivity index (χ1) is 28.4. The molecule has 0 saturated heterocycles. The van der Waals surface area contributed by atoms with E-state index < -0.39 is 38.6 Å². The van der Waals surface area contributed by atoms with Gasteiger partial charge in [-0.25, -0.2) is 4.57 Å². The van der Waals surface area contributed by atoms with Gasteiger partial charge in [0.1, 0.15) is 19.8 Å². The van der Waals surface area contributed by atoms with Gasteiger partial charge in [-0.15, -0.1) is 0 Å². The molecule has 10 nitrogen and oxygen atoms in total. The number of aliphatic hydroxyl groups is 1. The van der Waals surface area contributed by atoms with E-state index in [1.807, 2.05) is 39.4 Å². The lowest BCUT2D eigenvalue weighted by atomic mass is 10.0. The summed E-state index contributed by atoms with van der Waals surface area (Å²) in [4.78, 5) is 35.4. The average Bonchev–Trinajstić information content (AvgIpc) is 3.18.